The van der Waals surface area contributed by atoms with Crippen molar-refractivity contribution in [2.24, 2.45) is 0 Å². The third-order valence-corrected chi connectivity index (χ3v) is 5.50. The minimum absolute atomic E-state index is 0.0716. The lowest BCUT2D eigenvalue weighted by molar-refractivity contribution is -0.119. The normalized spacial score (nSPS) is 22.1. The first-order chi connectivity index (χ1) is 12.6. The van der Waals surface area contributed by atoms with Crippen LogP contribution in [0.2, 0.25) is 0 Å². The standard InChI is InChI=1S/C19H14F2N2O2S/c20-13-5-3-4-12(10-13)11-22-16-8-9-26-17(16)18(24)23(19(22)25)15-7-2-1-6-14(15)21/h1-10,16-17H,11H2. The second-order valence-electron chi connectivity index (χ2n) is 6.04. The van der Waals surface area contributed by atoms with Crippen molar-refractivity contribution in [3.05, 3.63) is 77.2 Å². The fourth-order valence-corrected chi connectivity index (χ4v) is 4.24. The summed E-state index contributed by atoms with van der Waals surface area (Å²) in [6, 6.07) is 10.6. The number of imide groups is 1. The Bertz CT molecular complexity index is 918. The Morgan fingerprint density at radius 1 is 1.04 bits per heavy atom. The number of hydrogen-bond donors (Lipinski definition) is 0. The van der Waals surface area contributed by atoms with E-state index >= 15 is 0 Å². The van der Waals surface area contributed by atoms with Crippen LogP contribution in [0.5, 0.6) is 0 Å². The average molecular weight is 372 g/mol. The zero-order valence-corrected chi connectivity index (χ0v) is 14.3. The van der Waals surface area contributed by atoms with Crippen LogP contribution >= 0.6 is 11.8 Å². The number of fused-ring (bicyclic) bond motifs is 1. The number of nitrogens with zero attached hydrogens (tertiary/aromatic N) is 2. The Morgan fingerprint density at radius 3 is 2.62 bits per heavy atom. The Morgan fingerprint density at radius 2 is 1.85 bits per heavy atom. The molecule has 1 saturated heterocycles. The molecule has 4 rings (SSSR count). The van der Waals surface area contributed by atoms with Gasteiger partial charge in [0.05, 0.1) is 11.7 Å². The summed E-state index contributed by atoms with van der Waals surface area (Å²) in [6.07, 6.45) is 1.78. The molecule has 1 fully saturated rings. The minimum Gasteiger partial charge on any atom is -0.312 e. The van der Waals surface area contributed by atoms with E-state index in [1.165, 1.54) is 47.0 Å². The van der Waals surface area contributed by atoms with Gasteiger partial charge in [-0.2, -0.15) is 0 Å². The molecule has 0 N–H and O–H groups in total. The third kappa shape index (κ3) is 2.78. The van der Waals surface area contributed by atoms with Gasteiger partial charge in [0.25, 0.3) is 5.91 Å². The minimum atomic E-state index is -0.644. The molecule has 2 heterocycles. The summed E-state index contributed by atoms with van der Waals surface area (Å²) in [5.41, 5.74) is 0.530. The van der Waals surface area contributed by atoms with E-state index in [0.29, 0.717) is 5.56 Å². The largest absolute Gasteiger partial charge is 0.332 e. The Hall–Kier alpha value is -2.67. The molecule has 0 aromatic heterocycles. The molecule has 2 atom stereocenters. The van der Waals surface area contributed by atoms with Crippen molar-refractivity contribution in [1.82, 2.24) is 4.90 Å². The van der Waals surface area contributed by atoms with Crippen LogP contribution < -0.4 is 4.90 Å². The van der Waals surface area contributed by atoms with E-state index in [1.54, 1.807) is 29.7 Å². The van der Waals surface area contributed by atoms with E-state index in [2.05, 4.69) is 0 Å². The van der Waals surface area contributed by atoms with Crippen molar-refractivity contribution >= 4 is 29.4 Å². The van der Waals surface area contributed by atoms with E-state index in [1.807, 2.05) is 0 Å². The molecule has 2 aromatic carbocycles. The molecule has 0 bridgehead atoms. The van der Waals surface area contributed by atoms with Crippen LogP contribution in [0.15, 0.2) is 60.0 Å². The van der Waals surface area contributed by atoms with Crippen LogP contribution in [0.3, 0.4) is 0 Å². The number of rotatable bonds is 3. The highest BCUT2D eigenvalue weighted by Crippen LogP contribution is 2.37. The van der Waals surface area contributed by atoms with Gasteiger partial charge in [-0.1, -0.05) is 30.3 Å². The van der Waals surface area contributed by atoms with E-state index < -0.39 is 34.9 Å². The van der Waals surface area contributed by atoms with Gasteiger partial charge in [-0.05, 0) is 35.2 Å². The molecule has 4 nitrogen and oxygen atoms in total. The van der Waals surface area contributed by atoms with Crippen LogP contribution in [-0.2, 0) is 11.3 Å². The summed E-state index contributed by atoms with van der Waals surface area (Å²) < 4.78 is 27.7. The number of halogens is 2. The number of carbonyl (C=O) groups excluding carboxylic acids is 2. The Kier molecular flexibility index (Phi) is 4.24. The van der Waals surface area contributed by atoms with Crippen LogP contribution in [0.1, 0.15) is 5.56 Å². The number of thioether (sulfide) groups is 1. The average Bonchev–Trinajstić information content (AvgIpc) is 3.10. The maximum atomic E-state index is 14.2. The quantitative estimate of drug-likeness (QED) is 0.820. The number of hydrogen-bond acceptors (Lipinski definition) is 3. The van der Waals surface area contributed by atoms with Gasteiger partial charge in [0.15, 0.2) is 0 Å². The maximum Gasteiger partial charge on any atom is 0.332 e. The molecule has 0 radical (unpaired) electrons. The molecule has 2 aliphatic rings. The summed E-state index contributed by atoms with van der Waals surface area (Å²) in [7, 11) is 0. The van der Waals surface area contributed by atoms with Crippen molar-refractivity contribution < 1.29 is 18.4 Å². The molecule has 2 aromatic rings. The van der Waals surface area contributed by atoms with Gasteiger partial charge in [-0.15, -0.1) is 11.8 Å². The number of anilines is 1. The smallest absolute Gasteiger partial charge is 0.312 e. The zero-order chi connectivity index (χ0) is 18.3. The first-order valence-corrected chi connectivity index (χ1v) is 8.96. The summed E-state index contributed by atoms with van der Waals surface area (Å²) in [5, 5.41) is 1.23. The molecular weight excluding hydrogens is 358 g/mol. The van der Waals surface area contributed by atoms with Crippen molar-refractivity contribution in [3.8, 4) is 0 Å². The molecule has 7 heteroatoms. The molecule has 2 aliphatic heterocycles. The molecular formula is C19H14F2N2O2S. The van der Waals surface area contributed by atoms with E-state index in [-0.39, 0.29) is 12.2 Å². The van der Waals surface area contributed by atoms with Crippen LogP contribution in [0, 0.1) is 11.6 Å². The van der Waals surface area contributed by atoms with Gasteiger partial charge < -0.3 is 4.90 Å². The third-order valence-electron chi connectivity index (χ3n) is 4.41. The Labute approximate surface area is 153 Å². The van der Waals surface area contributed by atoms with E-state index in [0.717, 1.165) is 4.90 Å². The van der Waals surface area contributed by atoms with Crippen molar-refractivity contribution in [2.45, 2.75) is 17.8 Å². The zero-order valence-electron chi connectivity index (χ0n) is 13.5. The summed E-state index contributed by atoms with van der Waals surface area (Å²) in [6.45, 7) is 0.126. The van der Waals surface area contributed by atoms with E-state index in [9.17, 15) is 18.4 Å². The summed E-state index contributed by atoms with van der Waals surface area (Å²) >= 11 is 1.30. The lowest BCUT2D eigenvalue weighted by atomic mass is 10.1. The topological polar surface area (TPSA) is 40.6 Å². The number of urea groups is 1. The number of amides is 3. The van der Waals surface area contributed by atoms with Gasteiger partial charge in [0, 0.05) is 6.54 Å². The van der Waals surface area contributed by atoms with E-state index in [4.69, 9.17) is 0 Å². The fourth-order valence-electron chi connectivity index (χ4n) is 3.20. The molecule has 3 amide bonds. The molecule has 0 saturated carbocycles. The van der Waals surface area contributed by atoms with Crippen LogP contribution in [0.25, 0.3) is 0 Å². The highest BCUT2D eigenvalue weighted by Gasteiger charge is 2.48. The molecule has 2 unspecified atom stereocenters. The number of benzene rings is 2. The van der Waals surface area contributed by atoms with Gasteiger partial charge in [-0.3, -0.25) is 4.79 Å². The molecule has 0 spiro atoms. The molecule has 26 heavy (non-hydrogen) atoms. The second kappa shape index (κ2) is 6.57. The first-order valence-electron chi connectivity index (χ1n) is 8.02. The number of para-hydroxylation sites is 1. The lowest BCUT2D eigenvalue weighted by Gasteiger charge is -2.41. The maximum absolute atomic E-state index is 14.2. The second-order valence-corrected chi connectivity index (χ2v) is 7.09. The monoisotopic (exact) mass is 372 g/mol. The van der Waals surface area contributed by atoms with Crippen molar-refractivity contribution in [2.75, 3.05) is 4.90 Å². The highest BCUT2D eigenvalue weighted by atomic mass is 32.2. The summed E-state index contributed by atoms with van der Waals surface area (Å²) in [4.78, 5) is 28.2. The van der Waals surface area contributed by atoms with Gasteiger partial charge in [-0.25, -0.2) is 18.5 Å². The van der Waals surface area contributed by atoms with Gasteiger partial charge >= 0.3 is 6.03 Å². The lowest BCUT2D eigenvalue weighted by Crippen LogP contribution is -2.61. The first kappa shape index (κ1) is 16.8. The fraction of sp³-hybridized carbons (Fsp3) is 0.158. The van der Waals surface area contributed by atoms with Crippen LogP contribution in [0.4, 0.5) is 19.3 Å². The predicted octanol–water partition coefficient (Wildman–Crippen LogP) is 3.93. The highest BCUT2D eigenvalue weighted by molar-refractivity contribution is 8.03. The van der Waals surface area contributed by atoms with Crippen molar-refractivity contribution in [1.29, 1.82) is 0 Å². The number of carbonyl (C=O) groups is 2. The SMILES string of the molecule is O=C1C2SC=CC2N(Cc2cccc(F)c2)C(=O)N1c1ccccc1F. The predicted molar refractivity (Wildman–Crippen MR) is 95.5 cm³/mol. The van der Waals surface area contributed by atoms with Gasteiger partial charge in [0.2, 0.25) is 0 Å². The Balaban J connectivity index is 1.73. The molecule has 132 valence electrons. The summed E-state index contributed by atoms with van der Waals surface area (Å²) in [5.74, 6) is -1.49. The molecule has 0 aliphatic carbocycles. The van der Waals surface area contributed by atoms with Crippen LogP contribution in [-0.4, -0.2) is 28.1 Å². The van der Waals surface area contributed by atoms with Crippen molar-refractivity contribution in [3.63, 3.8) is 0 Å². The van der Waals surface area contributed by atoms with Gasteiger partial charge in [0.1, 0.15) is 16.9 Å².